The van der Waals surface area contributed by atoms with Gasteiger partial charge >= 0.3 is 0 Å². The van der Waals surface area contributed by atoms with Crippen molar-refractivity contribution in [3.63, 3.8) is 0 Å². The normalized spacial score (nSPS) is 10.2. The van der Waals surface area contributed by atoms with Crippen LogP contribution in [0, 0.1) is 0 Å². The first kappa shape index (κ1) is 11.3. The predicted octanol–water partition coefficient (Wildman–Crippen LogP) is 2.03. The molecule has 3 nitrogen and oxygen atoms in total. The molecule has 0 spiro atoms. The largest absolute Gasteiger partial charge is 0.351 e. The maximum Gasteiger partial charge on any atom is 0.251 e. The first-order chi connectivity index (χ1) is 6.70. The number of benzene rings is 1. The van der Waals surface area contributed by atoms with Crippen molar-refractivity contribution in [3.05, 3.63) is 35.9 Å². The summed E-state index contributed by atoms with van der Waals surface area (Å²) in [6.45, 7) is 0.808. The molecule has 1 N–H and O–H groups in total. The molecule has 0 aliphatic heterocycles. The highest BCUT2D eigenvalue weighted by Crippen LogP contribution is 1.98. The van der Waals surface area contributed by atoms with Crippen molar-refractivity contribution in [1.82, 2.24) is 9.25 Å². The Morgan fingerprint density at radius 3 is 2.50 bits per heavy atom. The first-order valence-corrected chi connectivity index (χ1v) is 4.80. The van der Waals surface area contributed by atoms with E-state index in [4.69, 9.17) is 23.6 Å². The van der Waals surface area contributed by atoms with E-state index in [2.05, 4.69) is 5.32 Å². The molecule has 0 fully saturated rings. The Kier molecular flexibility index (Phi) is 4.73. The van der Waals surface area contributed by atoms with E-state index < -0.39 is 0 Å². The van der Waals surface area contributed by atoms with Crippen molar-refractivity contribution in [2.24, 2.45) is 0 Å². The second-order valence-electron chi connectivity index (χ2n) is 2.65. The monoisotopic (exact) mass is 232 g/mol. The van der Waals surface area contributed by atoms with Crippen LogP contribution in [0.15, 0.2) is 30.3 Å². The summed E-state index contributed by atoms with van der Waals surface area (Å²) in [5.41, 5.74) is 0.628. The molecule has 0 bridgehead atoms. The fourth-order valence-corrected chi connectivity index (χ4v) is 1.11. The third kappa shape index (κ3) is 3.96. The van der Waals surface area contributed by atoms with Crippen LogP contribution in [0.5, 0.6) is 0 Å². The van der Waals surface area contributed by atoms with Crippen LogP contribution in [0.2, 0.25) is 0 Å². The lowest BCUT2D eigenvalue weighted by Gasteiger charge is -2.06. The van der Waals surface area contributed by atoms with E-state index in [1.807, 2.05) is 18.2 Å². The van der Waals surface area contributed by atoms with E-state index in [0.29, 0.717) is 18.7 Å². The Morgan fingerprint density at radius 2 is 1.93 bits per heavy atom. The van der Waals surface area contributed by atoms with Gasteiger partial charge in [0.1, 0.15) is 0 Å². The van der Waals surface area contributed by atoms with Gasteiger partial charge in [0.05, 0.1) is 0 Å². The van der Waals surface area contributed by atoms with Gasteiger partial charge in [-0.05, 0) is 35.7 Å². The average Bonchev–Trinajstić information content (AvgIpc) is 2.18. The fourth-order valence-electron chi connectivity index (χ4n) is 0.946. The highest BCUT2D eigenvalue weighted by molar-refractivity contribution is 6.33. The number of carbonyl (C=O) groups is 1. The first-order valence-electron chi connectivity index (χ1n) is 4.12. The number of nitrogens with zero attached hydrogens (tertiary/aromatic N) is 1. The molecular weight excluding hydrogens is 223 g/mol. The van der Waals surface area contributed by atoms with Gasteiger partial charge in [0.2, 0.25) is 0 Å². The van der Waals surface area contributed by atoms with E-state index >= 15 is 0 Å². The third-order valence-corrected chi connectivity index (χ3v) is 1.94. The second kappa shape index (κ2) is 5.86. The molecular formula is C9H10Cl2N2O. The van der Waals surface area contributed by atoms with Gasteiger partial charge in [-0.3, -0.25) is 4.79 Å². The number of nitrogens with one attached hydrogen (secondary N) is 1. The van der Waals surface area contributed by atoms with Crippen LogP contribution < -0.4 is 5.32 Å². The molecule has 0 heterocycles. The standard InChI is InChI=1S/C9H10Cl2N2O/c10-13(11)7-6-12-9(14)8-4-2-1-3-5-8/h1-5H,6-7H2,(H,12,14). The molecule has 1 aromatic rings. The number of hydrogen-bond donors (Lipinski definition) is 1. The fraction of sp³-hybridized carbons (Fsp3) is 0.222. The summed E-state index contributed by atoms with van der Waals surface area (Å²) < 4.78 is 0.977. The summed E-state index contributed by atoms with van der Waals surface area (Å²) in [4.78, 5) is 11.4. The summed E-state index contributed by atoms with van der Waals surface area (Å²) in [7, 11) is 0. The summed E-state index contributed by atoms with van der Waals surface area (Å²) in [5, 5.41) is 2.68. The van der Waals surface area contributed by atoms with Gasteiger partial charge in [-0.25, -0.2) is 0 Å². The van der Waals surface area contributed by atoms with Crippen molar-refractivity contribution in [2.75, 3.05) is 13.1 Å². The average molecular weight is 233 g/mol. The lowest BCUT2D eigenvalue weighted by Crippen LogP contribution is -2.28. The van der Waals surface area contributed by atoms with Crippen LogP contribution in [0.3, 0.4) is 0 Å². The van der Waals surface area contributed by atoms with Crippen molar-refractivity contribution in [1.29, 1.82) is 0 Å². The number of halogens is 2. The van der Waals surface area contributed by atoms with Crippen molar-refractivity contribution >= 4 is 29.5 Å². The Hall–Kier alpha value is -0.770. The van der Waals surface area contributed by atoms with Crippen molar-refractivity contribution in [2.45, 2.75) is 0 Å². The molecule has 5 heteroatoms. The Labute approximate surface area is 92.8 Å². The third-order valence-electron chi connectivity index (χ3n) is 1.60. The zero-order chi connectivity index (χ0) is 10.4. The van der Waals surface area contributed by atoms with Crippen LogP contribution in [0.4, 0.5) is 0 Å². The summed E-state index contributed by atoms with van der Waals surface area (Å²) in [6.07, 6.45) is 0. The molecule has 0 radical (unpaired) electrons. The molecule has 1 rings (SSSR count). The molecule has 0 aliphatic carbocycles. The van der Waals surface area contributed by atoms with Crippen LogP contribution in [-0.4, -0.2) is 22.9 Å². The Balaban J connectivity index is 2.36. The van der Waals surface area contributed by atoms with Crippen LogP contribution in [0.1, 0.15) is 10.4 Å². The molecule has 1 aromatic carbocycles. The zero-order valence-electron chi connectivity index (χ0n) is 7.41. The van der Waals surface area contributed by atoms with Crippen molar-refractivity contribution < 1.29 is 4.79 Å². The molecule has 14 heavy (non-hydrogen) atoms. The van der Waals surface area contributed by atoms with E-state index in [0.717, 1.165) is 3.94 Å². The maximum atomic E-state index is 11.4. The zero-order valence-corrected chi connectivity index (χ0v) is 8.92. The lowest BCUT2D eigenvalue weighted by molar-refractivity contribution is 0.0953. The quantitative estimate of drug-likeness (QED) is 0.807. The highest BCUT2D eigenvalue weighted by Gasteiger charge is 2.03. The molecule has 76 valence electrons. The van der Waals surface area contributed by atoms with Gasteiger partial charge in [-0.2, -0.15) is 0 Å². The number of hydrogen-bond acceptors (Lipinski definition) is 2. The van der Waals surface area contributed by atoms with Crippen molar-refractivity contribution in [3.8, 4) is 0 Å². The minimum Gasteiger partial charge on any atom is -0.351 e. The maximum absolute atomic E-state index is 11.4. The van der Waals surface area contributed by atoms with Crippen LogP contribution in [0.25, 0.3) is 0 Å². The Bertz CT molecular complexity index is 290. The predicted molar refractivity (Wildman–Crippen MR) is 57.2 cm³/mol. The molecule has 0 aromatic heterocycles. The van der Waals surface area contributed by atoms with Gasteiger partial charge in [-0.15, -0.1) is 3.94 Å². The number of rotatable bonds is 4. The highest BCUT2D eigenvalue weighted by atomic mass is 35.5. The molecule has 0 atom stereocenters. The molecule has 0 saturated carbocycles. The van der Waals surface area contributed by atoms with Gasteiger partial charge in [0.25, 0.3) is 5.91 Å². The van der Waals surface area contributed by atoms with Gasteiger partial charge < -0.3 is 5.32 Å². The Morgan fingerprint density at radius 1 is 1.29 bits per heavy atom. The van der Waals surface area contributed by atoms with Gasteiger partial charge in [0, 0.05) is 18.7 Å². The summed E-state index contributed by atoms with van der Waals surface area (Å²) in [5.74, 6) is -0.124. The van der Waals surface area contributed by atoms with E-state index in [1.54, 1.807) is 12.1 Å². The second-order valence-corrected chi connectivity index (χ2v) is 3.64. The molecule has 0 saturated heterocycles. The summed E-state index contributed by atoms with van der Waals surface area (Å²) >= 11 is 10.7. The lowest BCUT2D eigenvalue weighted by atomic mass is 10.2. The molecule has 0 unspecified atom stereocenters. The van der Waals surface area contributed by atoms with E-state index in [9.17, 15) is 4.79 Å². The minimum absolute atomic E-state index is 0.124. The van der Waals surface area contributed by atoms with E-state index in [-0.39, 0.29) is 5.91 Å². The van der Waals surface area contributed by atoms with Crippen LogP contribution in [-0.2, 0) is 0 Å². The topological polar surface area (TPSA) is 32.3 Å². The minimum atomic E-state index is -0.124. The van der Waals surface area contributed by atoms with E-state index in [1.165, 1.54) is 0 Å². The SMILES string of the molecule is O=C(NCCN(Cl)Cl)c1ccccc1. The van der Waals surface area contributed by atoms with Crippen LogP contribution >= 0.6 is 23.6 Å². The molecule has 1 amide bonds. The van der Waals surface area contributed by atoms with Gasteiger partial charge in [0.15, 0.2) is 0 Å². The number of carbonyl (C=O) groups excluding carboxylic acids is 1. The summed E-state index contributed by atoms with van der Waals surface area (Å²) in [6, 6.07) is 8.97. The van der Waals surface area contributed by atoms with Gasteiger partial charge in [-0.1, -0.05) is 18.2 Å². The number of amides is 1. The molecule has 0 aliphatic rings. The smallest absolute Gasteiger partial charge is 0.251 e.